The van der Waals surface area contributed by atoms with Crippen molar-refractivity contribution >= 4 is 17.5 Å². The van der Waals surface area contributed by atoms with E-state index in [1.54, 1.807) is 13.2 Å². The molecule has 86 valence electrons. The van der Waals surface area contributed by atoms with Crippen LogP contribution in [-0.2, 0) is 11.8 Å². The largest absolute Gasteiger partial charge is 0.354 e. The highest BCUT2D eigenvalue weighted by molar-refractivity contribution is 6.03. The van der Waals surface area contributed by atoms with E-state index >= 15 is 0 Å². The summed E-state index contributed by atoms with van der Waals surface area (Å²) < 4.78 is 1.51. The number of aromatic nitrogens is 2. The molecule has 0 aliphatic heterocycles. The molecule has 0 aromatic carbocycles. The Hall–Kier alpha value is -1.85. The molecule has 16 heavy (non-hydrogen) atoms. The van der Waals surface area contributed by atoms with E-state index in [0.717, 1.165) is 12.8 Å². The molecule has 0 radical (unpaired) electrons. The highest BCUT2D eigenvalue weighted by atomic mass is 16.2. The Balaban J connectivity index is 2.18. The second kappa shape index (κ2) is 3.96. The summed E-state index contributed by atoms with van der Waals surface area (Å²) in [5.41, 5.74) is 0.720. The van der Waals surface area contributed by atoms with Crippen molar-refractivity contribution in [2.45, 2.75) is 12.8 Å². The lowest BCUT2D eigenvalue weighted by Crippen LogP contribution is -2.22. The number of nitrogens with zero attached hydrogens (tertiary/aromatic N) is 2. The number of amides is 2. The van der Waals surface area contributed by atoms with Gasteiger partial charge in [-0.05, 0) is 12.8 Å². The van der Waals surface area contributed by atoms with Gasteiger partial charge in [0.2, 0.25) is 5.91 Å². The summed E-state index contributed by atoms with van der Waals surface area (Å²) in [4.78, 5) is 23.0. The van der Waals surface area contributed by atoms with E-state index in [1.165, 1.54) is 11.7 Å². The molecule has 0 saturated heterocycles. The minimum absolute atomic E-state index is 0.0295. The Morgan fingerprint density at radius 3 is 2.75 bits per heavy atom. The predicted molar refractivity (Wildman–Crippen MR) is 58.0 cm³/mol. The summed E-state index contributed by atoms with van der Waals surface area (Å²) in [5.74, 6) is -0.220. The Kier molecular flexibility index (Phi) is 2.64. The van der Waals surface area contributed by atoms with Crippen molar-refractivity contribution in [3.8, 4) is 0 Å². The van der Waals surface area contributed by atoms with Gasteiger partial charge in [0, 0.05) is 26.2 Å². The van der Waals surface area contributed by atoms with E-state index in [9.17, 15) is 9.59 Å². The molecule has 0 atom stereocenters. The van der Waals surface area contributed by atoms with Crippen molar-refractivity contribution < 1.29 is 9.59 Å². The van der Waals surface area contributed by atoms with Gasteiger partial charge in [-0.1, -0.05) is 0 Å². The molecule has 1 fully saturated rings. The fraction of sp³-hybridized carbons (Fsp3) is 0.500. The second-order valence-corrected chi connectivity index (χ2v) is 3.91. The third-order valence-electron chi connectivity index (χ3n) is 2.48. The summed E-state index contributed by atoms with van der Waals surface area (Å²) >= 11 is 0. The molecule has 6 nitrogen and oxygen atoms in total. The van der Waals surface area contributed by atoms with Gasteiger partial charge in [-0.15, -0.1) is 0 Å². The molecule has 2 amide bonds. The topological polar surface area (TPSA) is 76.0 Å². The SMILES string of the molecule is CNC(=O)c1nn(C)cc1NC(=O)C1CC1. The number of nitrogens with one attached hydrogen (secondary N) is 2. The van der Waals surface area contributed by atoms with Gasteiger partial charge in [0.15, 0.2) is 5.69 Å². The van der Waals surface area contributed by atoms with Crippen LogP contribution in [0.5, 0.6) is 0 Å². The molecule has 1 heterocycles. The summed E-state index contributed by atoms with van der Waals surface area (Å²) in [6.07, 6.45) is 3.49. The van der Waals surface area contributed by atoms with Crippen molar-refractivity contribution in [3.63, 3.8) is 0 Å². The predicted octanol–water partition coefficient (Wildman–Crippen LogP) is 0.128. The monoisotopic (exact) mass is 222 g/mol. The Labute approximate surface area is 93.0 Å². The Morgan fingerprint density at radius 1 is 1.50 bits per heavy atom. The fourth-order valence-electron chi connectivity index (χ4n) is 1.45. The highest BCUT2D eigenvalue weighted by Crippen LogP contribution is 2.30. The van der Waals surface area contributed by atoms with Crippen LogP contribution in [0.3, 0.4) is 0 Å². The quantitative estimate of drug-likeness (QED) is 0.763. The third-order valence-corrected chi connectivity index (χ3v) is 2.48. The molecular formula is C10H14N4O2. The molecule has 2 rings (SSSR count). The lowest BCUT2D eigenvalue weighted by atomic mass is 10.3. The Bertz CT molecular complexity index is 434. The first-order chi connectivity index (χ1) is 7.61. The first-order valence-electron chi connectivity index (χ1n) is 5.18. The van der Waals surface area contributed by atoms with Gasteiger partial charge in [-0.3, -0.25) is 14.3 Å². The number of hydrogen-bond acceptors (Lipinski definition) is 3. The van der Waals surface area contributed by atoms with E-state index < -0.39 is 0 Å². The fourth-order valence-corrected chi connectivity index (χ4v) is 1.45. The third kappa shape index (κ3) is 2.05. The lowest BCUT2D eigenvalue weighted by molar-refractivity contribution is -0.117. The molecule has 1 aromatic rings. The zero-order valence-corrected chi connectivity index (χ0v) is 9.28. The maximum Gasteiger partial charge on any atom is 0.273 e. The molecule has 0 spiro atoms. The van der Waals surface area contributed by atoms with E-state index in [-0.39, 0.29) is 23.4 Å². The van der Waals surface area contributed by atoms with Crippen LogP contribution in [-0.4, -0.2) is 28.6 Å². The van der Waals surface area contributed by atoms with Crippen molar-refractivity contribution in [1.82, 2.24) is 15.1 Å². The average molecular weight is 222 g/mol. The molecule has 2 N–H and O–H groups in total. The Morgan fingerprint density at radius 2 is 2.19 bits per heavy atom. The molecule has 1 saturated carbocycles. The maximum atomic E-state index is 11.6. The van der Waals surface area contributed by atoms with Gasteiger partial charge in [0.05, 0.1) is 5.69 Å². The minimum Gasteiger partial charge on any atom is -0.354 e. The standard InChI is InChI=1S/C10H14N4O2/c1-11-10(16)8-7(5-14(2)13-8)12-9(15)6-3-4-6/h5-6H,3-4H2,1-2H3,(H,11,16)(H,12,15). The molecule has 1 aromatic heterocycles. The van der Waals surface area contributed by atoms with Gasteiger partial charge < -0.3 is 10.6 Å². The van der Waals surface area contributed by atoms with Crippen LogP contribution < -0.4 is 10.6 Å². The lowest BCUT2D eigenvalue weighted by Gasteiger charge is -2.02. The van der Waals surface area contributed by atoms with Crippen LogP contribution in [0.2, 0.25) is 0 Å². The summed E-state index contributed by atoms with van der Waals surface area (Å²) in [7, 11) is 3.24. The summed E-state index contributed by atoms with van der Waals surface area (Å²) in [6.45, 7) is 0. The smallest absolute Gasteiger partial charge is 0.273 e. The first kappa shape index (κ1) is 10.7. The van der Waals surface area contributed by atoms with Crippen molar-refractivity contribution in [2.24, 2.45) is 13.0 Å². The van der Waals surface area contributed by atoms with Crippen LogP contribution in [0, 0.1) is 5.92 Å². The number of carbonyl (C=O) groups is 2. The second-order valence-electron chi connectivity index (χ2n) is 3.91. The summed E-state index contributed by atoms with van der Waals surface area (Å²) in [5, 5.41) is 9.22. The zero-order valence-electron chi connectivity index (χ0n) is 9.28. The number of rotatable bonds is 3. The van der Waals surface area contributed by atoms with Gasteiger partial charge in [0.25, 0.3) is 5.91 Å². The summed E-state index contributed by atoms with van der Waals surface area (Å²) in [6, 6.07) is 0. The van der Waals surface area contributed by atoms with Crippen molar-refractivity contribution in [2.75, 3.05) is 12.4 Å². The maximum absolute atomic E-state index is 11.6. The van der Waals surface area contributed by atoms with Crippen LogP contribution in [0.25, 0.3) is 0 Å². The van der Waals surface area contributed by atoms with Crippen molar-refractivity contribution in [3.05, 3.63) is 11.9 Å². The zero-order chi connectivity index (χ0) is 11.7. The number of aryl methyl sites for hydroxylation is 1. The molecule has 1 aliphatic carbocycles. The molecular weight excluding hydrogens is 208 g/mol. The van der Waals surface area contributed by atoms with E-state index in [2.05, 4.69) is 15.7 Å². The number of hydrogen-bond donors (Lipinski definition) is 2. The molecule has 6 heteroatoms. The van der Waals surface area contributed by atoms with Gasteiger partial charge in [-0.2, -0.15) is 5.10 Å². The van der Waals surface area contributed by atoms with E-state index in [1.807, 2.05) is 0 Å². The first-order valence-corrected chi connectivity index (χ1v) is 5.18. The van der Waals surface area contributed by atoms with Crippen LogP contribution in [0.4, 0.5) is 5.69 Å². The van der Waals surface area contributed by atoms with E-state index in [4.69, 9.17) is 0 Å². The van der Waals surface area contributed by atoms with Crippen LogP contribution in [0.1, 0.15) is 23.3 Å². The normalized spacial score (nSPS) is 14.6. The van der Waals surface area contributed by atoms with Crippen LogP contribution >= 0.6 is 0 Å². The van der Waals surface area contributed by atoms with Crippen molar-refractivity contribution in [1.29, 1.82) is 0 Å². The van der Waals surface area contributed by atoms with Crippen LogP contribution in [0.15, 0.2) is 6.20 Å². The minimum atomic E-state index is -0.299. The highest BCUT2D eigenvalue weighted by Gasteiger charge is 2.30. The number of carbonyl (C=O) groups excluding carboxylic acids is 2. The molecule has 0 bridgehead atoms. The van der Waals surface area contributed by atoms with E-state index in [0.29, 0.717) is 5.69 Å². The number of anilines is 1. The molecule has 1 aliphatic rings. The van der Waals surface area contributed by atoms with Gasteiger partial charge in [-0.25, -0.2) is 0 Å². The molecule has 0 unspecified atom stereocenters. The van der Waals surface area contributed by atoms with Gasteiger partial charge >= 0.3 is 0 Å². The van der Waals surface area contributed by atoms with Gasteiger partial charge in [0.1, 0.15) is 0 Å². The average Bonchev–Trinajstić information content (AvgIpc) is 3.03.